The number of carbonyl (C=O) groups excluding carboxylic acids is 5. The molecule has 1 saturated heterocycles. The standard InChI is InChI=1S/C35H44N6O9S/c1-34(2,3)50-33(46)38-26-10-8-6-4-5-7-9-22-19-35(22,32(45)40-51(47,48)24-12-13-24)39-29(42)28-18-23(20-41(28)30(26)43)49-31(44)21-11-14-25-27(17-21)37-16-15-36-25/h7,9,11,14-17,22-24,26,28H,4-6,8,10,12-13,18-20H2,1-3H3,(H,38,46)(H,39,42)(H,40,45). The Bertz CT molecular complexity index is 1860. The minimum absolute atomic E-state index is 0.103. The molecule has 4 aliphatic rings. The summed E-state index contributed by atoms with van der Waals surface area (Å²) in [6.45, 7) is 4.94. The molecule has 5 unspecified atom stereocenters. The van der Waals surface area contributed by atoms with Gasteiger partial charge in [0, 0.05) is 24.7 Å². The van der Waals surface area contributed by atoms with E-state index in [0.717, 1.165) is 12.8 Å². The number of rotatable bonds is 6. The van der Waals surface area contributed by atoms with E-state index in [4.69, 9.17) is 9.47 Å². The number of nitrogens with zero attached hydrogens (tertiary/aromatic N) is 3. The maximum absolute atomic E-state index is 14.3. The van der Waals surface area contributed by atoms with Crippen LogP contribution in [0.2, 0.25) is 0 Å². The second-order valence-corrected chi connectivity index (χ2v) is 16.7. The van der Waals surface area contributed by atoms with Crippen LogP contribution in [0.3, 0.4) is 0 Å². The summed E-state index contributed by atoms with van der Waals surface area (Å²) < 4.78 is 38.9. The summed E-state index contributed by atoms with van der Waals surface area (Å²) in [4.78, 5) is 78.0. The fourth-order valence-corrected chi connectivity index (χ4v) is 7.97. The third kappa shape index (κ3) is 8.48. The van der Waals surface area contributed by atoms with Crippen LogP contribution in [0.25, 0.3) is 11.0 Å². The summed E-state index contributed by atoms with van der Waals surface area (Å²) in [6.07, 6.45) is 9.06. The summed E-state index contributed by atoms with van der Waals surface area (Å²) >= 11 is 0. The molecule has 2 aromatic rings. The lowest BCUT2D eigenvalue weighted by atomic mass is 10.0. The average molecular weight is 725 g/mol. The topological polar surface area (TPSA) is 203 Å². The number of hydrogen-bond acceptors (Lipinski definition) is 11. The number of esters is 1. The predicted octanol–water partition coefficient (Wildman–Crippen LogP) is 2.65. The number of allylic oxidation sites excluding steroid dienone is 1. The van der Waals surface area contributed by atoms with Gasteiger partial charge in [0.05, 0.1) is 28.4 Å². The SMILES string of the molecule is CC(C)(C)OC(=O)NC1CCCCCC=CC2CC2(C(=O)NS(=O)(=O)C2CC2)NC(=O)C2CC(OC(=O)c3ccc4nccnc4c3)CN2C1=O. The van der Waals surface area contributed by atoms with Gasteiger partial charge in [0.1, 0.15) is 29.3 Å². The van der Waals surface area contributed by atoms with Crippen molar-refractivity contribution in [2.45, 2.75) is 113 Å². The van der Waals surface area contributed by atoms with E-state index in [-0.39, 0.29) is 31.4 Å². The number of carbonyl (C=O) groups is 5. The number of nitrogens with one attached hydrogen (secondary N) is 3. The van der Waals surface area contributed by atoms with Gasteiger partial charge in [0.2, 0.25) is 21.8 Å². The van der Waals surface area contributed by atoms with Crippen molar-refractivity contribution in [2.24, 2.45) is 5.92 Å². The van der Waals surface area contributed by atoms with Crippen LogP contribution in [-0.4, -0.2) is 94.2 Å². The minimum atomic E-state index is -3.91. The van der Waals surface area contributed by atoms with Gasteiger partial charge in [0.25, 0.3) is 5.91 Å². The Morgan fingerprint density at radius 3 is 2.49 bits per heavy atom. The fraction of sp³-hybridized carbons (Fsp3) is 0.571. The van der Waals surface area contributed by atoms with E-state index >= 15 is 0 Å². The van der Waals surface area contributed by atoms with E-state index in [1.54, 1.807) is 32.9 Å². The van der Waals surface area contributed by atoms with Crippen molar-refractivity contribution < 1.29 is 41.9 Å². The Kier molecular flexibility index (Phi) is 10.1. The molecule has 3 heterocycles. The molecule has 0 spiro atoms. The van der Waals surface area contributed by atoms with Gasteiger partial charge < -0.3 is 25.0 Å². The molecule has 51 heavy (non-hydrogen) atoms. The smallest absolute Gasteiger partial charge is 0.408 e. The van der Waals surface area contributed by atoms with Crippen LogP contribution in [0.15, 0.2) is 42.7 Å². The third-order valence-corrected chi connectivity index (χ3v) is 11.3. The van der Waals surface area contributed by atoms with Crippen LogP contribution in [0.4, 0.5) is 4.79 Å². The lowest BCUT2D eigenvalue weighted by Gasteiger charge is -2.30. The van der Waals surface area contributed by atoms with Crippen LogP contribution in [-0.2, 0) is 33.9 Å². The second-order valence-electron chi connectivity index (χ2n) is 14.7. The maximum atomic E-state index is 14.3. The van der Waals surface area contributed by atoms with E-state index in [9.17, 15) is 32.4 Å². The van der Waals surface area contributed by atoms with Gasteiger partial charge in [-0.25, -0.2) is 18.0 Å². The molecule has 1 aromatic carbocycles. The average Bonchev–Trinajstić information content (AvgIpc) is 3.99. The second kappa shape index (κ2) is 14.2. The summed E-state index contributed by atoms with van der Waals surface area (Å²) in [7, 11) is -3.91. The van der Waals surface area contributed by atoms with E-state index in [0.29, 0.717) is 36.7 Å². The molecule has 0 radical (unpaired) electrons. The van der Waals surface area contributed by atoms with Gasteiger partial charge in [-0.3, -0.25) is 29.1 Å². The quantitative estimate of drug-likeness (QED) is 0.292. The molecule has 4 amide bonds. The van der Waals surface area contributed by atoms with Gasteiger partial charge in [0.15, 0.2) is 0 Å². The van der Waals surface area contributed by atoms with Crippen molar-refractivity contribution in [2.75, 3.05) is 6.54 Å². The third-order valence-electron chi connectivity index (χ3n) is 9.51. The Labute approximate surface area is 296 Å². The van der Waals surface area contributed by atoms with E-state index in [1.165, 1.54) is 23.4 Å². The Hall–Kier alpha value is -4.60. The number of ether oxygens (including phenoxy) is 2. The molecule has 274 valence electrons. The molecule has 6 rings (SSSR count). The summed E-state index contributed by atoms with van der Waals surface area (Å²) in [5.41, 5.74) is -1.10. The van der Waals surface area contributed by atoms with Gasteiger partial charge in [-0.2, -0.15) is 0 Å². The monoisotopic (exact) mass is 724 g/mol. The highest BCUT2D eigenvalue weighted by atomic mass is 32.2. The maximum Gasteiger partial charge on any atom is 0.408 e. The number of amides is 4. The largest absolute Gasteiger partial charge is 0.457 e. The summed E-state index contributed by atoms with van der Waals surface area (Å²) in [5, 5.41) is 4.83. The molecule has 5 atom stereocenters. The molecule has 1 aromatic heterocycles. The van der Waals surface area contributed by atoms with Crippen LogP contribution in [0.5, 0.6) is 0 Å². The first-order valence-corrected chi connectivity index (χ1v) is 19.0. The van der Waals surface area contributed by atoms with Gasteiger partial charge in [-0.1, -0.05) is 25.0 Å². The van der Waals surface area contributed by atoms with E-state index in [1.807, 2.05) is 12.2 Å². The van der Waals surface area contributed by atoms with Crippen LogP contribution >= 0.6 is 0 Å². The van der Waals surface area contributed by atoms with Crippen molar-refractivity contribution in [1.29, 1.82) is 0 Å². The molecule has 2 aliphatic heterocycles. The van der Waals surface area contributed by atoms with Gasteiger partial charge in [-0.05, 0) is 77.5 Å². The summed E-state index contributed by atoms with van der Waals surface area (Å²) in [5.74, 6) is -3.26. The van der Waals surface area contributed by atoms with Crippen molar-refractivity contribution in [3.8, 4) is 0 Å². The highest BCUT2D eigenvalue weighted by molar-refractivity contribution is 7.91. The molecule has 16 heteroatoms. The van der Waals surface area contributed by atoms with Crippen molar-refractivity contribution in [1.82, 2.24) is 30.2 Å². The van der Waals surface area contributed by atoms with Gasteiger partial charge >= 0.3 is 12.1 Å². The first-order chi connectivity index (χ1) is 24.1. The molecule has 3 fully saturated rings. The van der Waals surface area contributed by atoms with Crippen molar-refractivity contribution in [3.05, 3.63) is 48.3 Å². The lowest BCUT2D eigenvalue weighted by Crippen LogP contribution is -2.58. The zero-order valence-corrected chi connectivity index (χ0v) is 29.7. The Morgan fingerprint density at radius 1 is 1.02 bits per heavy atom. The van der Waals surface area contributed by atoms with Crippen molar-refractivity contribution in [3.63, 3.8) is 0 Å². The molecular formula is C35H44N6O9S. The van der Waals surface area contributed by atoms with E-state index in [2.05, 4.69) is 25.3 Å². The molecule has 2 saturated carbocycles. The zero-order valence-electron chi connectivity index (χ0n) is 28.9. The number of sulfonamides is 1. The molecule has 2 aliphatic carbocycles. The number of hydrogen-bond donors (Lipinski definition) is 3. The van der Waals surface area contributed by atoms with E-state index < -0.39 is 80.3 Å². The first kappa shape index (κ1) is 36.2. The Morgan fingerprint density at radius 2 is 1.76 bits per heavy atom. The zero-order chi connectivity index (χ0) is 36.6. The highest BCUT2D eigenvalue weighted by Gasteiger charge is 2.62. The molecule has 3 N–H and O–H groups in total. The minimum Gasteiger partial charge on any atom is -0.457 e. The number of fused-ring (bicyclic) bond motifs is 3. The number of aromatic nitrogens is 2. The fourth-order valence-electron chi connectivity index (χ4n) is 6.61. The van der Waals surface area contributed by atoms with Crippen LogP contribution < -0.4 is 15.4 Å². The molecule has 15 nitrogen and oxygen atoms in total. The summed E-state index contributed by atoms with van der Waals surface area (Å²) in [6, 6.07) is 2.46. The predicted molar refractivity (Wildman–Crippen MR) is 183 cm³/mol. The van der Waals surface area contributed by atoms with Gasteiger partial charge in [-0.15, -0.1) is 0 Å². The van der Waals surface area contributed by atoms with Crippen LogP contribution in [0.1, 0.15) is 88.9 Å². The normalized spacial score (nSPS) is 27.2. The first-order valence-electron chi connectivity index (χ1n) is 17.4. The molecular weight excluding hydrogens is 680 g/mol. The Balaban J connectivity index is 1.27. The van der Waals surface area contributed by atoms with Crippen LogP contribution in [0, 0.1) is 5.92 Å². The number of benzene rings is 1. The highest BCUT2D eigenvalue weighted by Crippen LogP contribution is 2.46. The lowest BCUT2D eigenvalue weighted by molar-refractivity contribution is -0.141. The number of alkyl carbamates (subject to hydrolysis) is 1. The van der Waals surface area contributed by atoms with Crippen molar-refractivity contribution >= 4 is 50.8 Å². The molecule has 0 bridgehead atoms.